The molecule has 0 aromatic carbocycles. The highest BCUT2D eigenvalue weighted by Gasteiger charge is 2.28. The van der Waals surface area contributed by atoms with Crippen molar-refractivity contribution in [3.8, 4) is 5.88 Å². The minimum Gasteiger partial charge on any atom is -0.478 e. The van der Waals surface area contributed by atoms with Crippen LogP contribution in [0.5, 0.6) is 5.88 Å². The Morgan fingerprint density at radius 1 is 1.43 bits per heavy atom. The predicted molar refractivity (Wildman–Crippen MR) is 79.6 cm³/mol. The summed E-state index contributed by atoms with van der Waals surface area (Å²) in [5.74, 6) is 1.30. The summed E-state index contributed by atoms with van der Waals surface area (Å²) in [7, 11) is 1.43. The highest BCUT2D eigenvalue weighted by atomic mass is 16.5. The second-order valence-corrected chi connectivity index (χ2v) is 5.18. The van der Waals surface area contributed by atoms with Crippen LogP contribution in [0.1, 0.15) is 38.2 Å². The second kappa shape index (κ2) is 7.24. The Morgan fingerprint density at radius 2 is 2.24 bits per heavy atom. The summed E-state index contributed by atoms with van der Waals surface area (Å²) < 4.78 is 10.3. The molecule has 0 bridgehead atoms. The molecule has 0 radical (unpaired) electrons. The molecule has 0 amide bonds. The Hall–Kier alpha value is -1.85. The summed E-state index contributed by atoms with van der Waals surface area (Å²) in [6.45, 7) is 5.36. The first kappa shape index (κ1) is 15.5. The van der Waals surface area contributed by atoms with Crippen molar-refractivity contribution in [3.05, 3.63) is 11.9 Å². The number of anilines is 1. The van der Waals surface area contributed by atoms with Crippen molar-refractivity contribution in [1.82, 2.24) is 9.97 Å². The van der Waals surface area contributed by atoms with Gasteiger partial charge in [0.25, 0.3) is 0 Å². The lowest BCUT2D eigenvalue weighted by Crippen LogP contribution is -2.42. The van der Waals surface area contributed by atoms with E-state index in [0.717, 1.165) is 37.2 Å². The zero-order valence-corrected chi connectivity index (χ0v) is 13.0. The lowest BCUT2D eigenvalue weighted by Gasteiger charge is -2.37. The van der Waals surface area contributed by atoms with E-state index in [1.165, 1.54) is 13.4 Å². The Kier molecular flexibility index (Phi) is 5.36. The highest BCUT2D eigenvalue weighted by Crippen LogP contribution is 2.30. The molecular weight excluding hydrogens is 270 g/mol. The van der Waals surface area contributed by atoms with E-state index < -0.39 is 0 Å². The number of ether oxygens (including phenoxy) is 2. The summed E-state index contributed by atoms with van der Waals surface area (Å²) in [5, 5.41) is 0. The fraction of sp³-hybridized carbons (Fsp3) is 0.667. The largest absolute Gasteiger partial charge is 0.478 e. The zero-order chi connectivity index (χ0) is 15.2. The molecule has 6 heteroatoms. The van der Waals surface area contributed by atoms with Gasteiger partial charge in [0.15, 0.2) is 0 Å². The molecule has 21 heavy (non-hydrogen) atoms. The molecular formula is C15H23N3O3. The average Bonchev–Trinajstić information content (AvgIpc) is 2.50. The van der Waals surface area contributed by atoms with Crippen LogP contribution in [0.4, 0.5) is 5.82 Å². The molecule has 0 saturated carbocycles. The van der Waals surface area contributed by atoms with E-state index in [4.69, 9.17) is 9.47 Å². The summed E-state index contributed by atoms with van der Waals surface area (Å²) in [5.41, 5.74) is 0.927. The van der Waals surface area contributed by atoms with E-state index in [9.17, 15) is 4.79 Å². The van der Waals surface area contributed by atoms with E-state index in [0.29, 0.717) is 18.9 Å². The number of aromatic nitrogens is 2. The number of nitrogens with zero attached hydrogens (tertiary/aromatic N) is 3. The van der Waals surface area contributed by atoms with E-state index in [-0.39, 0.29) is 12.0 Å². The van der Waals surface area contributed by atoms with Gasteiger partial charge in [-0.1, -0.05) is 0 Å². The minimum absolute atomic E-state index is 0.134. The van der Waals surface area contributed by atoms with E-state index in [1.54, 1.807) is 0 Å². The summed E-state index contributed by atoms with van der Waals surface area (Å²) >= 11 is 0. The maximum Gasteiger partial charge on any atom is 0.307 e. The van der Waals surface area contributed by atoms with Gasteiger partial charge in [-0.3, -0.25) is 4.79 Å². The van der Waals surface area contributed by atoms with Crippen LogP contribution in [0.15, 0.2) is 6.33 Å². The molecule has 1 fully saturated rings. The number of hydrogen-bond donors (Lipinski definition) is 0. The molecule has 2 heterocycles. The van der Waals surface area contributed by atoms with Crippen LogP contribution in [0.25, 0.3) is 0 Å². The third-order valence-electron chi connectivity index (χ3n) is 3.82. The normalized spacial score (nSPS) is 18.4. The highest BCUT2D eigenvalue weighted by molar-refractivity contribution is 5.71. The molecule has 2 rings (SSSR count). The van der Waals surface area contributed by atoms with Crippen LogP contribution in [0, 0.1) is 6.92 Å². The Bertz CT molecular complexity index is 493. The third-order valence-corrected chi connectivity index (χ3v) is 3.82. The Morgan fingerprint density at radius 3 is 2.95 bits per heavy atom. The molecule has 1 aliphatic heterocycles. The summed E-state index contributed by atoms with van der Waals surface area (Å²) in [4.78, 5) is 22.4. The molecule has 116 valence electrons. The first-order chi connectivity index (χ1) is 10.2. The van der Waals surface area contributed by atoms with Gasteiger partial charge < -0.3 is 14.4 Å². The fourth-order valence-corrected chi connectivity index (χ4v) is 2.76. The minimum atomic E-state index is -0.177. The van der Waals surface area contributed by atoms with Crippen molar-refractivity contribution in [1.29, 1.82) is 0 Å². The van der Waals surface area contributed by atoms with Crippen LogP contribution < -0.4 is 9.64 Å². The maximum atomic E-state index is 11.6. The SMILES string of the molecule is CCOc1ncnc(N2CCCCC2CC(=O)OC)c1C. The van der Waals surface area contributed by atoms with Crippen LogP contribution >= 0.6 is 0 Å². The number of esters is 1. The van der Waals surface area contributed by atoms with Crippen molar-refractivity contribution in [2.24, 2.45) is 0 Å². The lowest BCUT2D eigenvalue weighted by molar-refractivity contribution is -0.141. The quantitative estimate of drug-likeness (QED) is 0.775. The van der Waals surface area contributed by atoms with Gasteiger partial charge in [0.05, 0.1) is 25.7 Å². The molecule has 1 aromatic rings. The molecule has 1 saturated heterocycles. The molecule has 0 N–H and O–H groups in total. The summed E-state index contributed by atoms with van der Waals surface area (Å²) in [6.07, 6.45) is 5.12. The Labute approximate surface area is 125 Å². The number of carbonyl (C=O) groups is 1. The maximum absolute atomic E-state index is 11.6. The third kappa shape index (κ3) is 3.62. The molecule has 1 aromatic heterocycles. The standard InChI is InChI=1S/C15H23N3O3/c1-4-21-15-11(2)14(16-10-17-15)18-8-6-5-7-12(18)9-13(19)20-3/h10,12H,4-9H2,1-3H3. The van der Waals surface area contributed by atoms with Crippen LogP contribution in [0.2, 0.25) is 0 Å². The summed E-state index contributed by atoms with van der Waals surface area (Å²) in [6, 6.07) is 0.134. The monoisotopic (exact) mass is 293 g/mol. The first-order valence-corrected chi connectivity index (χ1v) is 7.45. The molecule has 0 spiro atoms. The number of hydrogen-bond acceptors (Lipinski definition) is 6. The van der Waals surface area contributed by atoms with Gasteiger partial charge in [-0.15, -0.1) is 0 Å². The van der Waals surface area contributed by atoms with Gasteiger partial charge in [-0.05, 0) is 33.1 Å². The molecule has 1 aliphatic rings. The van der Waals surface area contributed by atoms with Gasteiger partial charge in [0, 0.05) is 12.6 Å². The topological polar surface area (TPSA) is 64.6 Å². The molecule has 1 unspecified atom stereocenters. The van der Waals surface area contributed by atoms with Crippen LogP contribution in [-0.4, -0.2) is 42.2 Å². The van der Waals surface area contributed by atoms with E-state index >= 15 is 0 Å². The smallest absolute Gasteiger partial charge is 0.307 e. The molecule has 6 nitrogen and oxygen atoms in total. The van der Waals surface area contributed by atoms with Crippen LogP contribution in [-0.2, 0) is 9.53 Å². The Balaban J connectivity index is 2.24. The van der Waals surface area contributed by atoms with Crippen molar-refractivity contribution < 1.29 is 14.3 Å². The van der Waals surface area contributed by atoms with Gasteiger partial charge >= 0.3 is 5.97 Å². The number of methoxy groups -OCH3 is 1. The molecule has 0 aliphatic carbocycles. The average molecular weight is 293 g/mol. The van der Waals surface area contributed by atoms with Crippen molar-refractivity contribution in [3.63, 3.8) is 0 Å². The van der Waals surface area contributed by atoms with Crippen LogP contribution in [0.3, 0.4) is 0 Å². The second-order valence-electron chi connectivity index (χ2n) is 5.18. The van der Waals surface area contributed by atoms with Gasteiger partial charge in [0.2, 0.25) is 5.88 Å². The number of carbonyl (C=O) groups excluding carboxylic acids is 1. The van der Waals surface area contributed by atoms with E-state index in [2.05, 4.69) is 14.9 Å². The van der Waals surface area contributed by atoms with Gasteiger partial charge in [0.1, 0.15) is 12.1 Å². The van der Waals surface area contributed by atoms with Gasteiger partial charge in [-0.2, -0.15) is 0 Å². The number of rotatable bonds is 5. The number of piperidine rings is 1. The van der Waals surface area contributed by atoms with Crippen molar-refractivity contribution >= 4 is 11.8 Å². The zero-order valence-electron chi connectivity index (χ0n) is 13.0. The lowest BCUT2D eigenvalue weighted by atomic mass is 9.99. The molecule has 1 atom stereocenters. The van der Waals surface area contributed by atoms with Crippen molar-refractivity contribution in [2.75, 3.05) is 25.2 Å². The van der Waals surface area contributed by atoms with E-state index in [1.807, 2.05) is 13.8 Å². The predicted octanol–water partition coefficient (Wildman–Crippen LogP) is 2.11. The fourth-order valence-electron chi connectivity index (χ4n) is 2.76. The van der Waals surface area contributed by atoms with Gasteiger partial charge in [-0.25, -0.2) is 9.97 Å². The van der Waals surface area contributed by atoms with Crippen molar-refractivity contribution in [2.45, 2.75) is 45.6 Å². The first-order valence-electron chi connectivity index (χ1n) is 7.45.